The maximum Gasteiger partial charge on any atom is 0.437 e. The molecule has 2 heterocycles. The van der Waals surface area contributed by atoms with Crippen LogP contribution in [0.1, 0.15) is 22.0 Å². The number of halogens is 3. The van der Waals surface area contributed by atoms with Crippen LogP contribution >= 0.6 is 0 Å². The van der Waals surface area contributed by atoms with Crippen molar-refractivity contribution in [2.75, 3.05) is 13.9 Å². The van der Waals surface area contributed by atoms with Crippen LogP contribution in [0, 0.1) is 5.92 Å². The fourth-order valence-electron chi connectivity index (χ4n) is 3.66. The fraction of sp³-hybridized carbons (Fsp3) is 0.300. The maximum atomic E-state index is 13.9. The molecule has 1 saturated heterocycles. The predicted molar refractivity (Wildman–Crippen MR) is 98.8 cm³/mol. The number of urea groups is 1. The van der Waals surface area contributed by atoms with Crippen LogP contribution in [-0.4, -0.2) is 42.7 Å². The SMILES string of the molecule is COc1ccc(C(=O)[C@@H]2[C@@H](c3ccc4c(c3)OCO4)NC(=O)N[C@@]2(O)C(F)(F)F)cc1. The van der Waals surface area contributed by atoms with Crippen molar-refractivity contribution in [3.8, 4) is 17.2 Å². The first-order valence-corrected chi connectivity index (χ1v) is 9.09. The summed E-state index contributed by atoms with van der Waals surface area (Å²) < 4.78 is 57.3. The zero-order valence-corrected chi connectivity index (χ0v) is 16.0. The van der Waals surface area contributed by atoms with Gasteiger partial charge in [0.15, 0.2) is 17.3 Å². The molecule has 4 rings (SSSR count). The van der Waals surface area contributed by atoms with Gasteiger partial charge in [0.25, 0.3) is 0 Å². The highest BCUT2D eigenvalue weighted by molar-refractivity contribution is 6.00. The Labute approximate surface area is 173 Å². The maximum absolute atomic E-state index is 13.9. The van der Waals surface area contributed by atoms with E-state index in [0.29, 0.717) is 11.5 Å². The molecule has 11 heteroatoms. The number of methoxy groups -OCH3 is 1. The van der Waals surface area contributed by atoms with Crippen LogP contribution in [0.2, 0.25) is 0 Å². The second-order valence-electron chi connectivity index (χ2n) is 7.02. The number of amides is 2. The van der Waals surface area contributed by atoms with Gasteiger partial charge < -0.3 is 30.0 Å². The van der Waals surface area contributed by atoms with Crippen LogP contribution in [0.4, 0.5) is 18.0 Å². The Balaban J connectivity index is 1.82. The number of rotatable bonds is 4. The number of carbonyl (C=O) groups excluding carboxylic acids is 2. The van der Waals surface area contributed by atoms with Gasteiger partial charge in [0.05, 0.1) is 13.2 Å². The highest BCUT2D eigenvalue weighted by Gasteiger charge is 2.66. The third kappa shape index (κ3) is 3.50. The number of nitrogens with one attached hydrogen (secondary N) is 2. The first-order valence-electron chi connectivity index (χ1n) is 9.09. The van der Waals surface area contributed by atoms with E-state index in [0.717, 1.165) is 0 Å². The summed E-state index contributed by atoms with van der Waals surface area (Å²) in [5.41, 5.74) is -3.78. The molecule has 0 radical (unpaired) electrons. The number of hydrogen-bond acceptors (Lipinski definition) is 6. The molecule has 1 fully saturated rings. The molecule has 2 aliphatic rings. The summed E-state index contributed by atoms with van der Waals surface area (Å²) in [7, 11) is 1.40. The molecule has 0 saturated carbocycles. The second-order valence-corrected chi connectivity index (χ2v) is 7.02. The quantitative estimate of drug-likeness (QED) is 0.634. The van der Waals surface area contributed by atoms with Crippen molar-refractivity contribution >= 4 is 11.8 Å². The predicted octanol–water partition coefficient (Wildman–Crippen LogP) is 2.53. The summed E-state index contributed by atoms with van der Waals surface area (Å²) >= 11 is 0. The standard InChI is InChI=1S/C20H17F3N2O6/c1-29-12-5-2-10(3-6-12)17(26)15-16(11-4-7-13-14(8-11)31-9-30-13)24-18(27)25-19(15,28)20(21,22)23/h2-8,15-16,28H,9H2,1H3,(H2,24,25,27)/t15-,16+,19-/m0/s1. The van der Waals surface area contributed by atoms with E-state index in [1.165, 1.54) is 54.9 Å². The lowest BCUT2D eigenvalue weighted by Gasteiger charge is -2.45. The van der Waals surface area contributed by atoms with Crippen molar-refractivity contribution in [1.29, 1.82) is 0 Å². The number of benzene rings is 2. The Morgan fingerprint density at radius 3 is 2.48 bits per heavy atom. The van der Waals surface area contributed by atoms with Gasteiger partial charge in [-0.15, -0.1) is 0 Å². The second kappa shape index (κ2) is 7.34. The van der Waals surface area contributed by atoms with Crippen molar-refractivity contribution in [2.45, 2.75) is 17.9 Å². The van der Waals surface area contributed by atoms with Crippen LogP contribution in [0.5, 0.6) is 17.2 Å². The number of fused-ring (bicyclic) bond motifs is 1. The van der Waals surface area contributed by atoms with Gasteiger partial charge in [-0.25, -0.2) is 4.79 Å². The van der Waals surface area contributed by atoms with Crippen LogP contribution < -0.4 is 24.8 Å². The first kappa shape index (κ1) is 20.8. The Morgan fingerprint density at radius 2 is 1.84 bits per heavy atom. The van der Waals surface area contributed by atoms with Gasteiger partial charge in [-0.05, 0) is 42.0 Å². The Morgan fingerprint density at radius 1 is 1.16 bits per heavy atom. The average Bonchev–Trinajstić information content (AvgIpc) is 3.20. The van der Waals surface area contributed by atoms with E-state index in [1.807, 2.05) is 0 Å². The van der Waals surface area contributed by atoms with Gasteiger partial charge in [0.2, 0.25) is 12.5 Å². The lowest BCUT2D eigenvalue weighted by Crippen LogP contribution is -2.72. The van der Waals surface area contributed by atoms with Crippen molar-refractivity contribution in [3.05, 3.63) is 53.6 Å². The molecule has 0 bridgehead atoms. The molecule has 3 atom stereocenters. The minimum atomic E-state index is -5.34. The smallest absolute Gasteiger partial charge is 0.437 e. The number of carbonyl (C=O) groups is 2. The molecule has 2 aromatic rings. The molecule has 0 unspecified atom stereocenters. The number of ether oxygens (including phenoxy) is 3. The zero-order valence-electron chi connectivity index (χ0n) is 16.0. The van der Waals surface area contributed by atoms with E-state index in [1.54, 1.807) is 0 Å². The topological polar surface area (TPSA) is 106 Å². The van der Waals surface area contributed by atoms with E-state index in [9.17, 15) is 27.9 Å². The summed E-state index contributed by atoms with van der Waals surface area (Å²) in [5, 5.41) is 14.4. The molecular formula is C20H17F3N2O6. The fourth-order valence-corrected chi connectivity index (χ4v) is 3.66. The zero-order chi connectivity index (χ0) is 22.4. The third-order valence-corrected chi connectivity index (χ3v) is 5.22. The van der Waals surface area contributed by atoms with E-state index in [4.69, 9.17) is 14.2 Å². The number of alkyl halides is 3. The lowest BCUT2D eigenvalue weighted by molar-refractivity contribution is -0.287. The average molecular weight is 438 g/mol. The number of ketones is 1. The monoisotopic (exact) mass is 438 g/mol. The Hall–Kier alpha value is -3.47. The summed E-state index contributed by atoms with van der Waals surface area (Å²) in [5.74, 6) is -2.16. The van der Waals surface area contributed by atoms with Gasteiger partial charge in [0, 0.05) is 5.56 Å². The van der Waals surface area contributed by atoms with Crippen LogP contribution in [0.3, 0.4) is 0 Å². The number of hydrogen-bond donors (Lipinski definition) is 3. The molecule has 0 aromatic heterocycles. The molecule has 3 N–H and O–H groups in total. The molecule has 2 aromatic carbocycles. The molecule has 8 nitrogen and oxygen atoms in total. The molecule has 0 aliphatic carbocycles. The van der Waals surface area contributed by atoms with E-state index < -0.39 is 35.7 Å². The largest absolute Gasteiger partial charge is 0.497 e. The minimum Gasteiger partial charge on any atom is -0.497 e. The van der Waals surface area contributed by atoms with Gasteiger partial charge in [-0.3, -0.25) is 4.79 Å². The van der Waals surface area contributed by atoms with Crippen molar-refractivity contribution < 1.29 is 42.1 Å². The van der Waals surface area contributed by atoms with Gasteiger partial charge in [-0.1, -0.05) is 6.07 Å². The summed E-state index contributed by atoms with van der Waals surface area (Å²) in [4.78, 5) is 25.3. The van der Waals surface area contributed by atoms with Crippen molar-refractivity contribution in [1.82, 2.24) is 10.6 Å². The molecule has 0 spiro atoms. The Kier molecular flexibility index (Phi) is 4.92. The van der Waals surface area contributed by atoms with Crippen LogP contribution in [0.25, 0.3) is 0 Å². The molecule has 164 valence electrons. The number of Topliss-reactive ketones (excluding diaryl/α,β-unsaturated/α-hetero) is 1. The van der Waals surface area contributed by atoms with Crippen molar-refractivity contribution in [2.24, 2.45) is 5.92 Å². The number of aliphatic hydroxyl groups is 1. The van der Waals surface area contributed by atoms with E-state index >= 15 is 0 Å². The normalized spacial score (nSPS) is 24.9. The molecule has 31 heavy (non-hydrogen) atoms. The summed E-state index contributed by atoms with van der Waals surface area (Å²) in [6.07, 6.45) is -5.34. The van der Waals surface area contributed by atoms with Gasteiger partial charge in [0.1, 0.15) is 11.7 Å². The molecular weight excluding hydrogens is 421 g/mol. The lowest BCUT2D eigenvalue weighted by atomic mass is 9.77. The van der Waals surface area contributed by atoms with Gasteiger partial charge >= 0.3 is 12.2 Å². The van der Waals surface area contributed by atoms with Crippen LogP contribution in [0.15, 0.2) is 42.5 Å². The molecule has 2 aliphatic heterocycles. The van der Waals surface area contributed by atoms with Crippen LogP contribution in [-0.2, 0) is 0 Å². The first-order chi connectivity index (χ1) is 14.6. The van der Waals surface area contributed by atoms with E-state index in [2.05, 4.69) is 5.32 Å². The Bertz CT molecular complexity index is 1030. The molecule has 2 amide bonds. The minimum absolute atomic E-state index is 0.0714. The van der Waals surface area contributed by atoms with E-state index in [-0.39, 0.29) is 23.7 Å². The highest BCUT2D eigenvalue weighted by atomic mass is 19.4. The van der Waals surface area contributed by atoms with Gasteiger partial charge in [-0.2, -0.15) is 13.2 Å². The van der Waals surface area contributed by atoms with Crippen molar-refractivity contribution in [3.63, 3.8) is 0 Å². The summed E-state index contributed by atoms with van der Waals surface area (Å²) in [6, 6.07) is 6.81. The summed E-state index contributed by atoms with van der Waals surface area (Å²) in [6.45, 7) is -0.0714. The highest BCUT2D eigenvalue weighted by Crippen LogP contribution is 2.45. The third-order valence-electron chi connectivity index (χ3n) is 5.22.